The second-order valence-electron chi connectivity index (χ2n) is 5.99. The van der Waals surface area contributed by atoms with Crippen molar-refractivity contribution in [2.75, 3.05) is 20.2 Å². The first-order chi connectivity index (χ1) is 10.7. The van der Waals surface area contributed by atoms with Crippen molar-refractivity contribution in [3.63, 3.8) is 0 Å². The molecule has 0 atom stereocenters. The molecule has 0 unspecified atom stereocenters. The molecule has 6 heteroatoms. The monoisotopic (exact) mass is 320 g/mol. The predicted octanol–water partition coefficient (Wildman–Crippen LogP) is 2.15. The largest absolute Gasteiger partial charge is 0.497 e. The van der Waals surface area contributed by atoms with Gasteiger partial charge in [-0.15, -0.1) is 5.10 Å². The van der Waals surface area contributed by atoms with E-state index in [1.54, 1.807) is 11.8 Å². The highest BCUT2D eigenvalue weighted by Crippen LogP contribution is 2.21. The van der Waals surface area contributed by atoms with E-state index in [0.717, 1.165) is 23.9 Å². The first kappa shape index (κ1) is 15.2. The second kappa shape index (κ2) is 6.62. The number of rotatable bonds is 4. The molecular weight excluding hydrogens is 298 g/mol. The number of nitrogens with zero attached hydrogens (tertiary/aromatic N) is 2. The van der Waals surface area contributed by atoms with Gasteiger partial charge in [0.05, 0.1) is 20.2 Å². The standard InChI is InChI=1S/C16H21N3O2S/c1-12-7-9-18(10-8-12)11-19-16(22)21-15(17-19)13-3-5-14(20-2)6-4-13/h3-6,12H,7-11H2,1-2H3/p+1. The minimum atomic E-state index is 0.442. The topological polar surface area (TPSA) is 44.6 Å². The Bertz CT molecular complexity index is 669. The summed E-state index contributed by atoms with van der Waals surface area (Å²) in [6.07, 6.45) is 2.54. The van der Waals surface area contributed by atoms with Crippen LogP contribution in [0.2, 0.25) is 0 Å². The fourth-order valence-electron chi connectivity index (χ4n) is 2.80. The molecule has 1 saturated heterocycles. The molecule has 1 aliphatic heterocycles. The summed E-state index contributed by atoms with van der Waals surface area (Å²) in [5.41, 5.74) is 0.910. The normalized spacial score (nSPS) is 21.7. The zero-order valence-corrected chi connectivity index (χ0v) is 13.9. The Kier molecular flexibility index (Phi) is 4.59. The highest BCUT2D eigenvalue weighted by atomic mass is 32.1. The molecule has 0 bridgehead atoms. The third-order valence-electron chi connectivity index (χ3n) is 4.30. The van der Waals surface area contributed by atoms with Gasteiger partial charge in [-0.25, -0.2) is 0 Å². The smallest absolute Gasteiger partial charge is 0.292 e. The minimum Gasteiger partial charge on any atom is -0.497 e. The number of hydrogen-bond donors (Lipinski definition) is 1. The van der Waals surface area contributed by atoms with Gasteiger partial charge in [0.15, 0.2) is 6.67 Å². The third kappa shape index (κ3) is 3.39. The van der Waals surface area contributed by atoms with Crippen LogP contribution in [0, 0.1) is 10.8 Å². The molecular formula is C16H22N3O2S+. The number of benzene rings is 1. The molecule has 2 heterocycles. The summed E-state index contributed by atoms with van der Waals surface area (Å²) < 4.78 is 12.6. The van der Waals surface area contributed by atoms with Crippen LogP contribution in [0.1, 0.15) is 19.8 Å². The van der Waals surface area contributed by atoms with E-state index in [0.29, 0.717) is 10.7 Å². The summed E-state index contributed by atoms with van der Waals surface area (Å²) in [5.74, 6) is 2.22. The van der Waals surface area contributed by atoms with Gasteiger partial charge in [-0.2, -0.15) is 4.68 Å². The molecule has 1 aliphatic rings. The molecule has 1 aromatic heterocycles. The van der Waals surface area contributed by atoms with Crippen LogP contribution in [0.4, 0.5) is 0 Å². The highest BCUT2D eigenvalue weighted by Gasteiger charge is 2.20. The van der Waals surface area contributed by atoms with Gasteiger partial charge in [0, 0.05) is 5.56 Å². The number of aromatic nitrogens is 2. The maximum atomic E-state index is 5.65. The van der Waals surface area contributed by atoms with E-state index in [4.69, 9.17) is 21.4 Å². The number of methoxy groups -OCH3 is 1. The average molecular weight is 320 g/mol. The Labute approximate surface area is 135 Å². The molecule has 0 saturated carbocycles. The first-order valence-corrected chi connectivity index (χ1v) is 8.12. The minimum absolute atomic E-state index is 0.442. The summed E-state index contributed by atoms with van der Waals surface area (Å²) in [6, 6.07) is 7.65. The van der Waals surface area contributed by atoms with E-state index in [2.05, 4.69) is 12.0 Å². The lowest BCUT2D eigenvalue weighted by Crippen LogP contribution is -3.12. The van der Waals surface area contributed by atoms with Crippen molar-refractivity contribution < 1.29 is 14.1 Å². The summed E-state index contributed by atoms with van der Waals surface area (Å²) in [5, 5.41) is 4.53. The van der Waals surface area contributed by atoms with E-state index in [9.17, 15) is 0 Å². The number of piperidine rings is 1. The first-order valence-electron chi connectivity index (χ1n) is 7.71. The molecule has 1 fully saturated rings. The van der Waals surface area contributed by atoms with Crippen molar-refractivity contribution in [1.82, 2.24) is 9.78 Å². The van der Waals surface area contributed by atoms with Gasteiger partial charge in [0.25, 0.3) is 4.84 Å². The van der Waals surface area contributed by atoms with Crippen molar-refractivity contribution >= 4 is 12.2 Å². The van der Waals surface area contributed by atoms with Crippen LogP contribution >= 0.6 is 12.2 Å². The lowest BCUT2D eigenvalue weighted by Gasteiger charge is -2.26. The lowest BCUT2D eigenvalue weighted by atomic mass is 10.00. The fourth-order valence-corrected chi connectivity index (χ4v) is 2.98. The van der Waals surface area contributed by atoms with Gasteiger partial charge < -0.3 is 14.1 Å². The summed E-state index contributed by atoms with van der Waals surface area (Å²) in [4.78, 5) is 1.96. The fraction of sp³-hybridized carbons (Fsp3) is 0.500. The van der Waals surface area contributed by atoms with Gasteiger partial charge in [-0.05, 0) is 55.2 Å². The lowest BCUT2D eigenvalue weighted by molar-refractivity contribution is -0.929. The zero-order chi connectivity index (χ0) is 15.5. The van der Waals surface area contributed by atoms with Crippen molar-refractivity contribution in [1.29, 1.82) is 0 Å². The van der Waals surface area contributed by atoms with Crippen LogP contribution in [0.15, 0.2) is 28.7 Å². The van der Waals surface area contributed by atoms with E-state index in [1.165, 1.54) is 30.8 Å². The molecule has 0 amide bonds. The number of quaternary nitrogens is 1. The summed E-state index contributed by atoms with van der Waals surface area (Å²) >= 11 is 5.31. The molecule has 0 aliphatic carbocycles. The average Bonchev–Trinajstić information content (AvgIpc) is 2.91. The molecule has 0 radical (unpaired) electrons. The molecule has 2 aromatic rings. The Morgan fingerprint density at radius 1 is 1.32 bits per heavy atom. The van der Waals surface area contributed by atoms with Crippen molar-refractivity contribution in [2.45, 2.75) is 26.4 Å². The SMILES string of the molecule is COc1ccc(-c2nn(C[NH+]3CCC(C)CC3)c(=S)o2)cc1. The maximum absolute atomic E-state index is 5.65. The van der Waals surface area contributed by atoms with Crippen molar-refractivity contribution in [2.24, 2.45) is 5.92 Å². The molecule has 118 valence electrons. The second-order valence-corrected chi connectivity index (χ2v) is 6.34. The highest BCUT2D eigenvalue weighted by molar-refractivity contribution is 7.71. The van der Waals surface area contributed by atoms with Crippen LogP contribution < -0.4 is 9.64 Å². The van der Waals surface area contributed by atoms with Gasteiger partial charge in [0.1, 0.15) is 5.75 Å². The van der Waals surface area contributed by atoms with Crippen molar-refractivity contribution in [3.05, 3.63) is 29.1 Å². The maximum Gasteiger partial charge on any atom is 0.292 e. The van der Waals surface area contributed by atoms with E-state index < -0.39 is 0 Å². The summed E-state index contributed by atoms with van der Waals surface area (Å²) in [6.45, 7) is 5.45. The van der Waals surface area contributed by atoms with Crippen LogP contribution in [-0.2, 0) is 6.67 Å². The van der Waals surface area contributed by atoms with Gasteiger partial charge in [-0.3, -0.25) is 0 Å². The summed E-state index contributed by atoms with van der Waals surface area (Å²) in [7, 11) is 1.65. The van der Waals surface area contributed by atoms with E-state index >= 15 is 0 Å². The predicted molar refractivity (Wildman–Crippen MR) is 86.4 cm³/mol. The number of ether oxygens (including phenoxy) is 1. The number of nitrogens with one attached hydrogen (secondary N) is 1. The molecule has 1 N–H and O–H groups in total. The van der Waals surface area contributed by atoms with E-state index in [1.807, 2.05) is 24.3 Å². The molecule has 3 rings (SSSR count). The Morgan fingerprint density at radius 3 is 2.64 bits per heavy atom. The van der Waals surface area contributed by atoms with Crippen molar-refractivity contribution in [3.8, 4) is 17.2 Å². The van der Waals surface area contributed by atoms with Crippen LogP contribution in [-0.4, -0.2) is 30.0 Å². The molecule has 22 heavy (non-hydrogen) atoms. The number of likely N-dealkylation sites (tertiary alicyclic amines) is 1. The molecule has 0 spiro atoms. The Morgan fingerprint density at radius 2 is 2.00 bits per heavy atom. The van der Waals surface area contributed by atoms with Crippen LogP contribution in [0.3, 0.4) is 0 Å². The van der Waals surface area contributed by atoms with Gasteiger partial charge in [0.2, 0.25) is 5.89 Å². The number of hydrogen-bond acceptors (Lipinski definition) is 4. The molecule has 5 nitrogen and oxygen atoms in total. The van der Waals surface area contributed by atoms with Gasteiger partial charge >= 0.3 is 0 Å². The quantitative estimate of drug-likeness (QED) is 0.877. The Hall–Kier alpha value is -1.66. The van der Waals surface area contributed by atoms with Crippen LogP contribution in [0.25, 0.3) is 11.5 Å². The van der Waals surface area contributed by atoms with Gasteiger partial charge in [-0.1, -0.05) is 6.92 Å². The Balaban J connectivity index is 1.74. The van der Waals surface area contributed by atoms with Crippen LogP contribution in [0.5, 0.6) is 5.75 Å². The zero-order valence-electron chi connectivity index (χ0n) is 13.0. The van der Waals surface area contributed by atoms with E-state index in [-0.39, 0.29) is 0 Å². The third-order valence-corrected chi connectivity index (χ3v) is 4.59. The molecule has 1 aromatic carbocycles.